The summed E-state index contributed by atoms with van der Waals surface area (Å²) in [6, 6.07) is 0. The summed E-state index contributed by atoms with van der Waals surface area (Å²) in [7, 11) is 0. The fourth-order valence-electron chi connectivity index (χ4n) is 2.28. The molecular formula is C11H19N. The van der Waals surface area contributed by atoms with Crippen molar-refractivity contribution in [3.63, 3.8) is 0 Å². The van der Waals surface area contributed by atoms with Crippen molar-refractivity contribution in [3.05, 3.63) is 12.2 Å². The highest BCUT2D eigenvalue weighted by molar-refractivity contribution is 5.16. The van der Waals surface area contributed by atoms with Gasteiger partial charge in [0.1, 0.15) is 0 Å². The number of rotatable bonds is 0. The topological polar surface area (TPSA) is 12.0 Å². The highest BCUT2D eigenvalue weighted by Crippen LogP contribution is 2.38. The van der Waals surface area contributed by atoms with Crippen LogP contribution in [-0.4, -0.2) is 12.1 Å². The van der Waals surface area contributed by atoms with E-state index in [-0.39, 0.29) is 0 Å². The summed E-state index contributed by atoms with van der Waals surface area (Å²) in [6.07, 6.45) is 10.2. The SMILES string of the molecule is CC1(C)C=CC2(CCCN2)CC1. The smallest absolute Gasteiger partial charge is 0.0365 e. The maximum Gasteiger partial charge on any atom is 0.0365 e. The van der Waals surface area contributed by atoms with Gasteiger partial charge in [0.25, 0.3) is 0 Å². The van der Waals surface area contributed by atoms with Gasteiger partial charge in [0, 0.05) is 5.54 Å². The Morgan fingerprint density at radius 2 is 1.92 bits per heavy atom. The zero-order valence-corrected chi connectivity index (χ0v) is 8.19. The summed E-state index contributed by atoms with van der Waals surface area (Å²) in [6.45, 7) is 5.86. The molecule has 0 aromatic heterocycles. The Labute approximate surface area is 75.2 Å². The lowest BCUT2D eigenvalue weighted by Crippen LogP contribution is -2.41. The lowest BCUT2D eigenvalue weighted by atomic mass is 9.75. The molecule has 1 atom stereocenters. The second-order valence-electron chi connectivity index (χ2n) is 5.01. The molecule has 0 amide bonds. The third kappa shape index (κ3) is 1.42. The zero-order valence-electron chi connectivity index (χ0n) is 8.19. The summed E-state index contributed by atoms with van der Waals surface area (Å²) >= 11 is 0. The molecule has 2 rings (SSSR count). The minimum atomic E-state index is 0.398. The molecule has 1 spiro atoms. The average molecular weight is 165 g/mol. The van der Waals surface area contributed by atoms with E-state index in [4.69, 9.17) is 0 Å². The molecule has 1 heteroatoms. The van der Waals surface area contributed by atoms with Gasteiger partial charge >= 0.3 is 0 Å². The first-order chi connectivity index (χ1) is 5.62. The van der Waals surface area contributed by atoms with Crippen LogP contribution in [0.1, 0.15) is 39.5 Å². The molecule has 1 unspecified atom stereocenters. The molecule has 68 valence electrons. The van der Waals surface area contributed by atoms with E-state index in [1.807, 2.05) is 0 Å². The van der Waals surface area contributed by atoms with Crippen molar-refractivity contribution in [1.29, 1.82) is 0 Å². The molecule has 1 nitrogen and oxygen atoms in total. The van der Waals surface area contributed by atoms with Gasteiger partial charge in [-0.2, -0.15) is 0 Å². The van der Waals surface area contributed by atoms with Crippen LogP contribution in [0.25, 0.3) is 0 Å². The van der Waals surface area contributed by atoms with E-state index in [1.54, 1.807) is 0 Å². The first kappa shape index (κ1) is 8.31. The van der Waals surface area contributed by atoms with Gasteiger partial charge in [0.05, 0.1) is 0 Å². The van der Waals surface area contributed by atoms with Crippen LogP contribution in [-0.2, 0) is 0 Å². The van der Waals surface area contributed by atoms with Crippen LogP contribution in [0.2, 0.25) is 0 Å². The van der Waals surface area contributed by atoms with Crippen molar-refractivity contribution in [2.24, 2.45) is 5.41 Å². The van der Waals surface area contributed by atoms with E-state index < -0.39 is 0 Å². The van der Waals surface area contributed by atoms with Crippen LogP contribution < -0.4 is 5.32 Å². The maximum atomic E-state index is 3.62. The van der Waals surface area contributed by atoms with Gasteiger partial charge in [-0.25, -0.2) is 0 Å². The second-order valence-corrected chi connectivity index (χ2v) is 5.01. The van der Waals surface area contributed by atoms with Crippen LogP contribution >= 0.6 is 0 Å². The number of hydrogen-bond acceptors (Lipinski definition) is 1. The van der Waals surface area contributed by atoms with Crippen LogP contribution in [0.3, 0.4) is 0 Å². The van der Waals surface area contributed by atoms with E-state index in [0.29, 0.717) is 11.0 Å². The third-order valence-corrected chi connectivity index (χ3v) is 3.35. The Hall–Kier alpha value is -0.300. The predicted molar refractivity (Wildman–Crippen MR) is 52.1 cm³/mol. The zero-order chi connectivity index (χ0) is 8.66. The molecule has 2 aliphatic rings. The standard InChI is InChI=1S/C11H19N/c1-10(2)5-7-11(8-6-10)4-3-9-12-11/h5,7,12H,3-4,6,8-9H2,1-2H3. The normalized spacial score (nSPS) is 39.2. The molecule has 0 radical (unpaired) electrons. The second kappa shape index (κ2) is 2.59. The maximum absolute atomic E-state index is 3.62. The van der Waals surface area contributed by atoms with Crippen molar-refractivity contribution in [2.75, 3.05) is 6.54 Å². The van der Waals surface area contributed by atoms with Crippen LogP contribution in [0.4, 0.5) is 0 Å². The molecule has 1 saturated heterocycles. The highest BCUT2D eigenvalue weighted by Gasteiger charge is 2.35. The number of allylic oxidation sites excluding steroid dienone is 1. The van der Waals surface area contributed by atoms with Crippen LogP contribution in [0, 0.1) is 5.41 Å². The van der Waals surface area contributed by atoms with Crippen LogP contribution in [0.15, 0.2) is 12.2 Å². The van der Waals surface area contributed by atoms with E-state index in [1.165, 1.54) is 32.2 Å². The molecular weight excluding hydrogens is 146 g/mol. The van der Waals surface area contributed by atoms with Crippen molar-refractivity contribution in [3.8, 4) is 0 Å². The van der Waals surface area contributed by atoms with Gasteiger partial charge in [-0.15, -0.1) is 0 Å². The average Bonchev–Trinajstić information content (AvgIpc) is 2.46. The van der Waals surface area contributed by atoms with Gasteiger partial charge in [0.2, 0.25) is 0 Å². The van der Waals surface area contributed by atoms with Gasteiger partial charge in [-0.1, -0.05) is 26.0 Å². The summed E-state index contributed by atoms with van der Waals surface area (Å²) in [4.78, 5) is 0. The molecule has 1 N–H and O–H groups in total. The molecule has 1 heterocycles. The van der Waals surface area contributed by atoms with E-state index in [0.717, 1.165) is 0 Å². The summed E-state index contributed by atoms with van der Waals surface area (Å²) in [5, 5.41) is 3.62. The van der Waals surface area contributed by atoms with Gasteiger partial charge < -0.3 is 5.32 Å². The predicted octanol–water partition coefficient (Wildman–Crippen LogP) is 2.48. The monoisotopic (exact) mass is 165 g/mol. The van der Waals surface area contributed by atoms with Gasteiger partial charge in [0.15, 0.2) is 0 Å². The van der Waals surface area contributed by atoms with E-state index >= 15 is 0 Å². The highest BCUT2D eigenvalue weighted by atomic mass is 15.0. The first-order valence-electron chi connectivity index (χ1n) is 5.07. The molecule has 12 heavy (non-hydrogen) atoms. The Morgan fingerprint density at radius 3 is 2.42 bits per heavy atom. The third-order valence-electron chi connectivity index (χ3n) is 3.35. The van der Waals surface area contributed by atoms with E-state index in [2.05, 4.69) is 31.3 Å². The Balaban J connectivity index is 2.13. The summed E-state index contributed by atoms with van der Waals surface area (Å²) in [5.74, 6) is 0. The van der Waals surface area contributed by atoms with Crippen molar-refractivity contribution in [1.82, 2.24) is 5.32 Å². The Morgan fingerprint density at radius 1 is 1.08 bits per heavy atom. The van der Waals surface area contributed by atoms with Crippen molar-refractivity contribution in [2.45, 2.75) is 45.1 Å². The fourth-order valence-corrected chi connectivity index (χ4v) is 2.28. The minimum Gasteiger partial charge on any atom is -0.308 e. The Bertz CT molecular complexity index is 197. The summed E-state index contributed by atoms with van der Waals surface area (Å²) < 4.78 is 0. The minimum absolute atomic E-state index is 0.398. The molecule has 1 aliphatic carbocycles. The number of hydrogen-bond donors (Lipinski definition) is 1. The molecule has 1 fully saturated rings. The Kier molecular flexibility index (Phi) is 1.80. The van der Waals surface area contributed by atoms with E-state index in [9.17, 15) is 0 Å². The molecule has 0 aromatic carbocycles. The summed E-state index contributed by atoms with van der Waals surface area (Å²) in [5.41, 5.74) is 0.838. The quantitative estimate of drug-likeness (QED) is 0.544. The molecule has 1 aliphatic heterocycles. The molecule has 0 saturated carbocycles. The van der Waals surface area contributed by atoms with Crippen molar-refractivity contribution >= 4 is 0 Å². The van der Waals surface area contributed by atoms with Gasteiger partial charge in [-0.05, 0) is 37.6 Å². The van der Waals surface area contributed by atoms with Crippen LogP contribution in [0.5, 0.6) is 0 Å². The van der Waals surface area contributed by atoms with Gasteiger partial charge in [-0.3, -0.25) is 0 Å². The molecule has 0 aromatic rings. The number of nitrogens with one attached hydrogen (secondary N) is 1. The lowest BCUT2D eigenvalue weighted by molar-refractivity contribution is 0.308. The van der Waals surface area contributed by atoms with Crippen molar-refractivity contribution < 1.29 is 0 Å². The fraction of sp³-hybridized carbons (Fsp3) is 0.818. The first-order valence-corrected chi connectivity index (χ1v) is 5.07. The lowest BCUT2D eigenvalue weighted by Gasteiger charge is -2.36. The largest absolute Gasteiger partial charge is 0.308 e. The molecule has 0 bridgehead atoms.